The highest BCUT2D eigenvalue weighted by atomic mass is 35.5. The van der Waals surface area contributed by atoms with Crippen LogP contribution in [-0.4, -0.2) is 48.3 Å². The number of hydrogen-bond donors (Lipinski definition) is 2. The third kappa shape index (κ3) is 4.94. The Labute approximate surface area is 197 Å². The van der Waals surface area contributed by atoms with Crippen LogP contribution in [0.25, 0.3) is 5.57 Å². The largest absolute Gasteiger partial charge is 0.303 e. The number of aryl methyl sites for hydroxylation is 2. The maximum absolute atomic E-state index is 6.36. The summed E-state index contributed by atoms with van der Waals surface area (Å²) in [6.07, 6.45) is 10.6. The average Bonchev–Trinajstić information content (AvgIpc) is 3.15. The summed E-state index contributed by atoms with van der Waals surface area (Å²) >= 11 is 6.36. The molecule has 0 amide bonds. The number of nitrogens with one attached hydrogen (secondary N) is 2. The molecule has 1 aliphatic carbocycles. The lowest BCUT2D eigenvalue weighted by atomic mass is 9.88. The van der Waals surface area contributed by atoms with Gasteiger partial charge in [0.2, 0.25) is 0 Å². The van der Waals surface area contributed by atoms with E-state index in [4.69, 9.17) is 16.6 Å². The van der Waals surface area contributed by atoms with Crippen molar-refractivity contribution in [2.45, 2.75) is 64.1 Å². The zero-order chi connectivity index (χ0) is 21.9. The number of halogens is 1. The van der Waals surface area contributed by atoms with E-state index in [1.165, 1.54) is 53.8 Å². The fourth-order valence-electron chi connectivity index (χ4n) is 5.63. The quantitative estimate of drug-likeness (QED) is 0.641. The van der Waals surface area contributed by atoms with Crippen LogP contribution in [0.2, 0.25) is 5.02 Å². The lowest BCUT2D eigenvalue weighted by Gasteiger charge is -2.30. The van der Waals surface area contributed by atoms with Crippen molar-refractivity contribution in [3.05, 3.63) is 69.5 Å². The third-order valence-electron chi connectivity index (χ3n) is 7.37. The molecule has 2 aliphatic heterocycles. The standard InChI is InChI=1S/C27H35ClN4/c1-19-30-18-24(31-19)6-2-3-14-32-15-11-20(12-16-32)26-25-10-9-23(28)17-22(25)8-7-21-5-4-13-29-27(21)26/h4-5,9-10,13,17,19,24,30-31H,2-3,6-8,11-12,14-16,18H2,1H3. The molecule has 5 heteroatoms. The first-order valence-electron chi connectivity index (χ1n) is 12.3. The number of nitrogens with zero attached hydrogens (tertiary/aromatic N) is 2. The molecule has 3 aliphatic rings. The van der Waals surface area contributed by atoms with Crippen molar-refractivity contribution in [1.29, 1.82) is 0 Å². The zero-order valence-electron chi connectivity index (χ0n) is 19.2. The molecule has 5 rings (SSSR count). The molecule has 0 saturated carbocycles. The first-order valence-corrected chi connectivity index (χ1v) is 12.7. The molecule has 2 atom stereocenters. The van der Waals surface area contributed by atoms with Crippen LogP contribution in [0.15, 0.2) is 42.1 Å². The Morgan fingerprint density at radius 3 is 2.72 bits per heavy atom. The van der Waals surface area contributed by atoms with Gasteiger partial charge in [0, 0.05) is 42.5 Å². The molecule has 2 saturated heterocycles. The maximum atomic E-state index is 6.36. The van der Waals surface area contributed by atoms with E-state index >= 15 is 0 Å². The third-order valence-corrected chi connectivity index (χ3v) is 7.61. The van der Waals surface area contributed by atoms with Crippen LogP contribution in [0.1, 0.15) is 61.4 Å². The fraction of sp³-hybridized carbons (Fsp3) is 0.519. The molecule has 1 aromatic heterocycles. The second kappa shape index (κ2) is 10.0. The number of fused-ring (bicyclic) bond motifs is 2. The highest BCUT2D eigenvalue weighted by Crippen LogP contribution is 2.38. The van der Waals surface area contributed by atoms with E-state index in [-0.39, 0.29) is 0 Å². The van der Waals surface area contributed by atoms with Gasteiger partial charge in [-0.25, -0.2) is 0 Å². The summed E-state index contributed by atoms with van der Waals surface area (Å²) in [6, 6.07) is 11.4. The molecular formula is C27H35ClN4. The summed E-state index contributed by atoms with van der Waals surface area (Å²) in [5, 5.41) is 7.93. The zero-order valence-corrected chi connectivity index (χ0v) is 19.9. The molecular weight excluding hydrogens is 416 g/mol. The summed E-state index contributed by atoms with van der Waals surface area (Å²) in [5.74, 6) is 0. The molecule has 0 radical (unpaired) electrons. The van der Waals surface area contributed by atoms with Gasteiger partial charge in [-0.05, 0) is 86.9 Å². The predicted molar refractivity (Wildman–Crippen MR) is 133 cm³/mol. The molecule has 2 aromatic rings. The minimum Gasteiger partial charge on any atom is -0.303 e. The normalized spacial score (nSPS) is 23.7. The van der Waals surface area contributed by atoms with Crippen molar-refractivity contribution in [3.63, 3.8) is 0 Å². The number of rotatable bonds is 5. The van der Waals surface area contributed by atoms with Gasteiger partial charge in [0.15, 0.2) is 0 Å². The van der Waals surface area contributed by atoms with E-state index in [0.29, 0.717) is 12.2 Å². The van der Waals surface area contributed by atoms with Crippen molar-refractivity contribution in [2.24, 2.45) is 0 Å². The SMILES string of the molecule is CC1NCC(CCCCN2CCC(=C3c4ccc(Cl)cc4CCc4cccnc43)CC2)N1. The first kappa shape index (κ1) is 22.1. The molecule has 2 N–H and O–H groups in total. The van der Waals surface area contributed by atoms with Gasteiger partial charge in [0.1, 0.15) is 0 Å². The smallest absolute Gasteiger partial charge is 0.0739 e. The van der Waals surface area contributed by atoms with Crippen molar-refractivity contribution >= 4 is 17.2 Å². The second-order valence-corrected chi connectivity index (χ2v) is 10.1. The van der Waals surface area contributed by atoms with Crippen LogP contribution in [-0.2, 0) is 12.8 Å². The molecule has 0 bridgehead atoms. The summed E-state index contributed by atoms with van der Waals surface area (Å²) in [5.41, 5.74) is 8.24. The van der Waals surface area contributed by atoms with Crippen molar-refractivity contribution in [2.75, 3.05) is 26.2 Å². The van der Waals surface area contributed by atoms with Crippen LogP contribution >= 0.6 is 11.6 Å². The van der Waals surface area contributed by atoms with Crippen LogP contribution < -0.4 is 10.6 Å². The number of piperidine rings is 1. The lowest BCUT2D eigenvalue weighted by molar-refractivity contribution is 0.250. The van der Waals surface area contributed by atoms with Gasteiger partial charge >= 0.3 is 0 Å². The van der Waals surface area contributed by atoms with Gasteiger partial charge in [0.25, 0.3) is 0 Å². The number of unbranched alkanes of at least 4 members (excludes halogenated alkanes) is 1. The Balaban J connectivity index is 1.26. The molecule has 170 valence electrons. The Morgan fingerprint density at radius 1 is 1.06 bits per heavy atom. The predicted octanol–water partition coefficient (Wildman–Crippen LogP) is 4.81. The van der Waals surface area contributed by atoms with Crippen LogP contribution in [0.3, 0.4) is 0 Å². The van der Waals surface area contributed by atoms with E-state index < -0.39 is 0 Å². The Hall–Kier alpha value is -1.72. The molecule has 2 fully saturated rings. The van der Waals surface area contributed by atoms with E-state index in [0.717, 1.165) is 50.3 Å². The molecule has 2 unspecified atom stereocenters. The van der Waals surface area contributed by atoms with Gasteiger partial charge in [-0.3, -0.25) is 10.3 Å². The summed E-state index contributed by atoms with van der Waals surface area (Å²) in [6.45, 7) is 6.85. The Morgan fingerprint density at radius 2 is 1.91 bits per heavy atom. The number of aromatic nitrogens is 1. The van der Waals surface area contributed by atoms with Gasteiger partial charge in [0.05, 0.1) is 11.9 Å². The summed E-state index contributed by atoms with van der Waals surface area (Å²) in [4.78, 5) is 7.52. The second-order valence-electron chi connectivity index (χ2n) is 9.62. The van der Waals surface area contributed by atoms with Crippen molar-refractivity contribution in [1.82, 2.24) is 20.5 Å². The summed E-state index contributed by atoms with van der Waals surface area (Å²) in [7, 11) is 0. The topological polar surface area (TPSA) is 40.2 Å². The van der Waals surface area contributed by atoms with E-state index in [2.05, 4.69) is 46.7 Å². The van der Waals surface area contributed by atoms with Crippen molar-refractivity contribution in [3.8, 4) is 0 Å². The highest BCUT2D eigenvalue weighted by molar-refractivity contribution is 6.30. The highest BCUT2D eigenvalue weighted by Gasteiger charge is 2.25. The number of benzene rings is 1. The minimum atomic E-state index is 0.471. The van der Waals surface area contributed by atoms with E-state index in [9.17, 15) is 0 Å². The van der Waals surface area contributed by atoms with Crippen molar-refractivity contribution < 1.29 is 0 Å². The average molecular weight is 451 g/mol. The summed E-state index contributed by atoms with van der Waals surface area (Å²) < 4.78 is 0. The Bertz CT molecular complexity index is 975. The molecule has 4 nitrogen and oxygen atoms in total. The van der Waals surface area contributed by atoms with Crippen LogP contribution in [0, 0.1) is 0 Å². The van der Waals surface area contributed by atoms with Crippen LogP contribution in [0.5, 0.6) is 0 Å². The number of hydrogen-bond acceptors (Lipinski definition) is 4. The molecule has 0 spiro atoms. The molecule has 1 aromatic carbocycles. The maximum Gasteiger partial charge on any atom is 0.0739 e. The van der Waals surface area contributed by atoms with E-state index in [1.54, 1.807) is 5.57 Å². The van der Waals surface area contributed by atoms with Gasteiger partial charge in [-0.1, -0.05) is 35.7 Å². The van der Waals surface area contributed by atoms with Gasteiger partial charge in [-0.2, -0.15) is 0 Å². The fourth-order valence-corrected chi connectivity index (χ4v) is 5.83. The minimum absolute atomic E-state index is 0.471. The number of likely N-dealkylation sites (tertiary alicyclic amines) is 1. The molecule has 32 heavy (non-hydrogen) atoms. The van der Waals surface area contributed by atoms with Crippen LogP contribution in [0.4, 0.5) is 0 Å². The van der Waals surface area contributed by atoms with Gasteiger partial charge < -0.3 is 10.2 Å². The van der Waals surface area contributed by atoms with E-state index in [1.807, 2.05) is 12.3 Å². The monoisotopic (exact) mass is 450 g/mol. The number of pyridine rings is 1. The first-order chi connectivity index (χ1) is 15.7. The van der Waals surface area contributed by atoms with Gasteiger partial charge in [-0.15, -0.1) is 0 Å². The molecule has 3 heterocycles. The lowest BCUT2D eigenvalue weighted by Crippen LogP contribution is -2.32. The Kier molecular flexibility index (Phi) is 6.94.